The van der Waals surface area contributed by atoms with Gasteiger partial charge in [-0.1, -0.05) is 291 Å². The van der Waals surface area contributed by atoms with Gasteiger partial charge in [0.1, 0.15) is 0 Å². The monoisotopic (exact) mass is 958 g/mol. The zero-order valence-corrected chi connectivity index (χ0v) is 45.8. The lowest BCUT2D eigenvalue weighted by molar-refractivity contribution is -0.123. The van der Waals surface area contributed by atoms with Crippen molar-refractivity contribution in [2.24, 2.45) is 0 Å². The fourth-order valence-corrected chi connectivity index (χ4v) is 8.77. The highest BCUT2D eigenvalue weighted by Gasteiger charge is 2.18. The minimum Gasteiger partial charge on any atom is -0.394 e. The molecule has 4 nitrogen and oxygen atoms in total. The summed E-state index contributed by atoms with van der Waals surface area (Å²) in [5, 5.41) is 23.2. The topological polar surface area (TPSA) is 69.6 Å². The summed E-state index contributed by atoms with van der Waals surface area (Å²) in [6, 6.07) is -0.652. The van der Waals surface area contributed by atoms with Gasteiger partial charge in [0.25, 0.3) is 0 Å². The van der Waals surface area contributed by atoms with Gasteiger partial charge < -0.3 is 15.5 Å². The Morgan fingerprint density at radius 1 is 0.362 bits per heavy atom. The molecule has 0 aromatic carbocycles. The van der Waals surface area contributed by atoms with Crippen molar-refractivity contribution in [1.82, 2.24) is 5.32 Å². The number of unbranched alkanes of at least 4 members (excludes halogenated alkanes) is 33. The zero-order valence-electron chi connectivity index (χ0n) is 45.8. The second-order valence-electron chi connectivity index (χ2n) is 20.0. The lowest BCUT2D eigenvalue weighted by atomic mass is 10.0. The van der Waals surface area contributed by atoms with Gasteiger partial charge in [0.05, 0.1) is 18.8 Å². The number of aliphatic hydroxyl groups excluding tert-OH is 2. The van der Waals surface area contributed by atoms with Gasteiger partial charge in [0.2, 0.25) is 5.91 Å². The maximum Gasteiger partial charge on any atom is 0.220 e. The smallest absolute Gasteiger partial charge is 0.220 e. The summed E-state index contributed by atoms with van der Waals surface area (Å²) in [7, 11) is 0. The predicted molar refractivity (Wildman–Crippen MR) is 308 cm³/mol. The Labute approximate surface area is 430 Å². The highest BCUT2D eigenvalue weighted by atomic mass is 16.3. The van der Waals surface area contributed by atoms with E-state index in [0.29, 0.717) is 6.42 Å². The van der Waals surface area contributed by atoms with Gasteiger partial charge in [0.15, 0.2) is 0 Å². The van der Waals surface area contributed by atoms with Gasteiger partial charge in [-0.2, -0.15) is 0 Å². The molecule has 4 heteroatoms. The van der Waals surface area contributed by atoms with Crippen LogP contribution < -0.4 is 5.32 Å². The molecule has 69 heavy (non-hydrogen) atoms. The van der Waals surface area contributed by atoms with Crippen LogP contribution in [0.2, 0.25) is 0 Å². The normalized spacial score (nSPS) is 13.5. The molecule has 0 fully saturated rings. The summed E-state index contributed by atoms with van der Waals surface area (Å²) in [5.41, 5.74) is 0. The SMILES string of the molecule is CC/C=C\C/C=C\C/C=C\C/C=C\C/C=C\CCCCCCCCCCCCCCCCCC(=O)NC(CO)C(O)/C=C/CC/C=C/CC/C=C/CCCCCCCCCCCCCCCCCC. The van der Waals surface area contributed by atoms with Gasteiger partial charge >= 0.3 is 0 Å². The molecule has 0 heterocycles. The van der Waals surface area contributed by atoms with E-state index in [4.69, 9.17) is 0 Å². The van der Waals surface area contributed by atoms with Crippen LogP contribution in [0, 0.1) is 0 Å². The molecule has 398 valence electrons. The number of hydrogen-bond acceptors (Lipinski definition) is 3. The van der Waals surface area contributed by atoms with Crippen LogP contribution in [0.25, 0.3) is 0 Å². The minimum atomic E-state index is -0.876. The van der Waals surface area contributed by atoms with Crippen molar-refractivity contribution in [1.29, 1.82) is 0 Å². The van der Waals surface area contributed by atoms with Gasteiger partial charge in [0, 0.05) is 6.42 Å². The number of aliphatic hydroxyl groups is 2. The summed E-state index contributed by atoms with van der Waals surface area (Å²) < 4.78 is 0. The van der Waals surface area contributed by atoms with Crippen LogP contribution in [0.1, 0.15) is 290 Å². The van der Waals surface area contributed by atoms with Gasteiger partial charge in [-0.15, -0.1) is 0 Å². The largest absolute Gasteiger partial charge is 0.394 e. The second kappa shape index (κ2) is 59.6. The lowest BCUT2D eigenvalue weighted by Gasteiger charge is -2.19. The second-order valence-corrected chi connectivity index (χ2v) is 20.0. The lowest BCUT2D eigenvalue weighted by Crippen LogP contribution is -2.45. The highest BCUT2D eigenvalue weighted by molar-refractivity contribution is 5.76. The van der Waals surface area contributed by atoms with Crippen LogP contribution in [0.3, 0.4) is 0 Å². The highest BCUT2D eigenvalue weighted by Crippen LogP contribution is 2.16. The average molecular weight is 959 g/mol. The first-order chi connectivity index (χ1) is 34.2. The van der Waals surface area contributed by atoms with Crippen molar-refractivity contribution in [3.63, 3.8) is 0 Å². The molecule has 0 aliphatic rings. The first-order valence-electron chi connectivity index (χ1n) is 30.0. The third-order valence-corrected chi connectivity index (χ3v) is 13.3. The number of nitrogens with one attached hydrogen (secondary N) is 1. The van der Waals surface area contributed by atoms with Crippen LogP contribution in [0.4, 0.5) is 0 Å². The summed E-state index contributed by atoms with van der Waals surface area (Å²) in [6.45, 7) is 4.20. The Morgan fingerprint density at radius 3 is 1.01 bits per heavy atom. The van der Waals surface area contributed by atoms with Crippen LogP contribution in [-0.4, -0.2) is 34.9 Å². The van der Waals surface area contributed by atoms with E-state index < -0.39 is 12.1 Å². The van der Waals surface area contributed by atoms with Crippen molar-refractivity contribution in [2.75, 3.05) is 6.61 Å². The Bertz CT molecular complexity index is 1270. The minimum absolute atomic E-state index is 0.0788. The molecule has 0 bridgehead atoms. The molecule has 0 rings (SSSR count). The van der Waals surface area contributed by atoms with Crippen molar-refractivity contribution < 1.29 is 15.0 Å². The van der Waals surface area contributed by atoms with E-state index in [1.807, 2.05) is 6.08 Å². The molecule has 0 aromatic rings. The van der Waals surface area contributed by atoms with E-state index in [2.05, 4.69) is 104 Å². The quantitative estimate of drug-likeness (QED) is 0.0420. The number of hydrogen-bond donors (Lipinski definition) is 3. The molecule has 2 unspecified atom stereocenters. The van der Waals surface area contributed by atoms with E-state index in [1.165, 1.54) is 199 Å². The third-order valence-electron chi connectivity index (χ3n) is 13.3. The fraction of sp³-hybridized carbons (Fsp3) is 0.738. The Balaban J connectivity index is 3.56. The van der Waals surface area contributed by atoms with E-state index in [0.717, 1.165) is 70.6 Å². The van der Waals surface area contributed by atoms with E-state index in [9.17, 15) is 15.0 Å². The summed E-state index contributed by atoms with van der Waals surface area (Å²) >= 11 is 0. The van der Waals surface area contributed by atoms with Gasteiger partial charge in [-0.05, 0) is 89.9 Å². The Kier molecular flexibility index (Phi) is 57.3. The van der Waals surface area contributed by atoms with Crippen LogP contribution in [-0.2, 0) is 4.79 Å². The maximum absolute atomic E-state index is 12.5. The molecular formula is C65H115NO3. The number of amides is 1. The first kappa shape index (κ1) is 66.3. The Hall–Kier alpha value is -2.69. The van der Waals surface area contributed by atoms with Crippen LogP contribution in [0.5, 0.6) is 0 Å². The molecule has 0 radical (unpaired) electrons. The molecule has 2 atom stereocenters. The first-order valence-corrected chi connectivity index (χ1v) is 30.0. The van der Waals surface area contributed by atoms with Gasteiger partial charge in [-0.3, -0.25) is 4.79 Å². The average Bonchev–Trinajstić information content (AvgIpc) is 3.35. The number of carbonyl (C=O) groups is 1. The number of rotatable bonds is 54. The van der Waals surface area contributed by atoms with E-state index in [1.54, 1.807) is 6.08 Å². The van der Waals surface area contributed by atoms with Crippen molar-refractivity contribution in [3.8, 4) is 0 Å². The summed E-state index contributed by atoms with van der Waals surface area (Å²) in [4.78, 5) is 12.5. The van der Waals surface area contributed by atoms with Crippen molar-refractivity contribution in [3.05, 3.63) is 97.2 Å². The van der Waals surface area contributed by atoms with Crippen molar-refractivity contribution in [2.45, 2.75) is 302 Å². The van der Waals surface area contributed by atoms with Gasteiger partial charge in [-0.25, -0.2) is 0 Å². The fourth-order valence-electron chi connectivity index (χ4n) is 8.77. The molecule has 3 N–H and O–H groups in total. The maximum atomic E-state index is 12.5. The molecule has 0 saturated heterocycles. The zero-order chi connectivity index (χ0) is 49.9. The van der Waals surface area contributed by atoms with E-state index >= 15 is 0 Å². The van der Waals surface area contributed by atoms with Crippen molar-refractivity contribution >= 4 is 5.91 Å². The number of allylic oxidation sites excluding steroid dienone is 15. The molecular weight excluding hydrogens is 843 g/mol. The standard InChI is InChI=1S/C65H115NO3/c1-3-5-7-9-11-13-15-17-19-21-23-25-27-29-31-32-33-34-35-37-39-41-43-45-47-49-51-53-55-57-59-61-65(69)66-63(62-67)64(68)60-58-56-54-52-50-48-46-44-42-40-38-36-30-28-26-24-22-20-18-16-14-12-10-8-6-4-2/h5,7,11,13,17,19,23,25,29,31,42,44,50,52,58,60,63-64,67-68H,3-4,6,8-10,12,14-16,18,20-22,24,26-28,30,32-41,43,45-49,51,53-57,59,61-62H2,1-2H3,(H,66,69)/b7-5-,13-11-,19-17-,25-23-,31-29-,44-42+,52-50+,60-58+. The molecule has 0 saturated carbocycles. The molecule has 0 aliphatic heterocycles. The third kappa shape index (κ3) is 56.1. The Morgan fingerprint density at radius 2 is 0.652 bits per heavy atom. The van der Waals surface area contributed by atoms with Crippen LogP contribution in [0.15, 0.2) is 97.2 Å². The molecule has 0 aliphatic carbocycles. The number of carbonyl (C=O) groups excluding carboxylic acids is 1. The summed E-state index contributed by atoms with van der Waals surface area (Å²) in [6.07, 6.45) is 88.7. The van der Waals surface area contributed by atoms with E-state index in [-0.39, 0.29) is 12.5 Å². The summed E-state index contributed by atoms with van der Waals surface area (Å²) in [5.74, 6) is -0.0788. The molecule has 1 amide bonds. The van der Waals surface area contributed by atoms with Crippen LogP contribution >= 0.6 is 0 Å². The predicted octanol–water partition coefficient (Wildman–Crippen LogP) is 20.1. The molecule has 0 spiro atoms. The molecule has 0 aromatic heterocycles.